The molecule has 2 N–H and O–H groups in total. The van der Waals surface area contributed by atoms with E-state index in [1.54, 1.807) is 0 Å². The van der Waals surface area contributed by atoms with Crippen LogP contribution in [0.5, 0.6) is 0 Å². The van der Waals surface area contributed by atoms with Crippen LogP contribution in [-0.2, 0) is 0 Å². The Kier molecular flexibility index (Phi) is 2.94. The second kappa shape index (κ2) is 3.61. The lowest BCUT2D eigenvalue weighted by atomic mass is 9.72. The lowest BCUT2D eigenvalue weighted by Crippen LogP contribution is -2.48. The summed E-state index contributed by atoms with van der Waals surface area (Å²) in [6.45, 7) is 6.80. The normalized spacial score (nSPS) is 32.4. The van der Waals surface area contributed by atoms with Crippen LogP contribution in [0, 0.1) is 11.8 Å². The van der Waals surface area contributed by atoms with Crippen LogP contribution in [0.15, 0.2) is 12.2 Å². The molecule has 1 nitrogen and oxygen atoms in total. The lowest BCUT2D eigenvalue weighted by molar-refractivity contribution is 0.209. The molecule has 12 heavy (non-hydrogen) atoms. The Hall–Kier alpha value is -0.300. The van der Waals surface area contributed by atoms with Crippen molar-refractivity contribution < 1.29 is 0 Å². The predicted octanol–water partition coefficient (Wildman–Crippen LogP) is 2.72. The Balaban J connectivity index is 2.64. The van der Waals surface area contributed by atoms with Gasteiger partial charge in [0.05, 0.1) is 0 Å². The van der Waals surface area contributed by atoms with Crippen molar-refractivity contribution in [3.8, 4) is 0 Å². The maximum Gasteiger partial charge on any atom is 0.0220 e. The van der Waals surface area contributed by atoms with E-state index in [-0.39, 0.29) is 5.54 Å². The van der Waals surface area contributed by atoms with Crippen molar-refractivity contribution in [1.29, 1.82) is 0 Å². The third-order valence-corrected chi connectivity index (χ3v) is 3.35. The average molecular weight is 167 g/mol. The van der Waals surface area contributed by atoms with Crippen molar-refractivity contribution in [2.45, 2.75) is 45.6 Å². The Morgan fingerprint density at radius 2 is 1.92 bits per heavy atom. The molecule has 0 saturated carbocycles. The van der Waals surface area contributed by atoms with E-state index >= 15 is 0 Å². The molecule has 0 saturated heterocycles. The Morgan fingerprint density at radius 1 is 1.25 bits per heavy atom. The van der Waals surface area contributed by atoms with Crippen LogP contribution in [-0.4, -0.2) is 5.54 Å². The van der Waals surface area contributed by atoms with Crippen molar-refractivity contribution in [2.24, 2.45) is 17.6 Å². The lowest BCUT2D eigenvalue weighted by Gasteiger charge is -2.39. The molecule has 0 fully saturated rings. The highest BCUT2D eigenvalue weighted by atomic mass is 14.8. The molecule has 0 aromatic carbocycles. The van der Waals surface area contributed by atoms with Gasteiger partial charge < -0.3 is 5.73 Å². The average Bonchev–Trinajstić information content (AvgIpc) is 2.04. The molecule has 2 atom stereocenters. The Bertz CT molecular complexity index is 172. The van der Waals surface area contributed by atoms with Crippen LogP contribution in [0.25, 0.3) is 0 Å². The van der Waals surface area contributed by atoms with Crippen molar-refractivity contribution >= 4 is 0 Å². The maximum atomic E-state index is 6.35. The second-order valence-corrected chi connectivity index (χ2v) is 4.48. The quantitative estimate of drug-likeness (QED) is 0.629. The van der Waals surface area contributed by atoms with E-state index in [2.05, 4.69) is 32.9 Å². The van der Waals surface area contributed by atoms with Crippen molar-refractivity contribution in [3.05, 3.63) is 12.2 Å². The minimum Gasteiger partial charge on any atom is -0.325 e. The molecule has 70 valence electrons. The van der Waals surface area contributed by atoms with E-state index in [0.717, 1.165) is 19.3 Å². The summed E-state index contributed by atoms with van der Waals surface area (Å²) in [5, 5.41) is 0. The topological polar surface area (TPSA) is 26.0 Å². The fraction of sp³-hybridized carbons (Fsp3) is 0.818. The van der Waals surface area contributed by atoms with Crippen LogP contribution < -0.4 is 5.73 Å². The van der Waals surface area contributed by atoms with E-state index in [1.807, 2.05) is 0 Å². The molecule has 0 aromatic heterocycles. The largest absolute Gasteiger partial charge is 0.325 e. The van der Waals surface area contributed by atoms with E-state index < -0.39 is 0 Å². The fourth-order valence-corrected chi connectivity index (χ4v) is 1.95. The molecule has 1 aliphatic rings. The van der Waals surface area contributed by atoms with Gasteiger partial charge >= 0.3 is 0 Å². The molecule has 0 radical (unpaired) electrons. The first-order valence-electron chi connectivity index (χ1n) is 5.00. The number of hydrogen-bond acceptors (Lipinski definition) is 1. The highest BCUT2D eigenvalue weighted by Crippen LogP contribution is 2.32. The van der Waals surface area contributed by atoms with Gasteiger partial charge in [0.1, 0.15) is 0 Å². The number of nitrogens with two attached hydrogens (primary N) is 1. The van der Waals surface area contributed by atoms with Crippen LogP contribution in [0.4, 0.5) is 0 Å². The number of allylic oxidation sites excluding steroid dienone is 1. The summed E-state index contributed by atoms with van der Waals surface area (Å²) >= 11 is 0. The minimum atomic E-state index is 0.0723. The standard InChI is InChI=1S/C11H21N/c1-9(2)10(3)11(12)7-5-4-6-8-11/h4-5,9-10H,6-8,12H2,1-3H3. The van der Waals surface area contributed by atoms with Crippen molar-refractivity contribution in [2.75, 3.05) is 0 Å². The van der Waals surface area contributed by atoms with Crippen LogP contribution in [0.1, 0.15) is 40.0 Å². The molecule has 0 amide bonds. The summed E-state index contributed by atoms with van der Waals surface area (Å²) in [4.78, 5) is 0. The molecule has 0 heterocycles. The Labute approximate surface area is 76.0 Å². The van der Waals surface area contributed by atoms with E-state index in [0.29, 0.717) is 11.8 Å². The van der Waals surface area contributed by atoms with Crippen molar-refractivity contribution in [1.82, 2.24) is 0 Å². The summed E-state index contributed by atoms with van der Waals surface area (Å²) in [5.74, 6) is 1.32. The van der Waals surface area contributed by atoms with Gasteiger partial charge in [-0.1, -0.05) is 32.9 Å². The zero-order valence-corrected chi connectivity index (χ0v) is 8.51. The number of rotatable bonds is 2. The zero-order valence-electron chi connectivity index (χ0n) is 8.51. The van der Waals surface area contributed by atoms with Gasteiger partial charge in [-0.15, -0.1) is 0 Å². The fourth-order valence-electron chi connectivity index (χ4n) is 1.95. The molecule has 0 bridgehead atoms. The predicted molar refractivity (Wildman–Crippen MR) is 53.9 cm³/mol. The second-order valence-electron chi connectivity index (χ2n) is 4.48. The van der Waals surface area contributed by atoms with Gasteiger partial charge in [0.25, 0.3) is 0 Å². The van der Waals surface area contributed by atoms with Crippen LogP contribution in [0.3, 0.4) is 0 Å². The molecule has 1 aliphatic carbocycles. The highest BCUT2D eigenvalue weighted by Gasteiger charge is 2.32. The van der Waals surface area contributed by atoms with E-state index in [9.17, 15) is 0 Å². The Morgan fingerprint density at radius 3 is 2.33 bits per heavy atom. The van der Waals surface area contributed by atoms with Crippen LogP contribution in [0.2, 0.25) is 0 Å². The molecule has 1 rings (SSSR count). The molecule has 1 heteroatoms. The molecule has 0 aliphatic heterocycles. The molecule has 0 aromatic rings. The summed E-state index contributed by atoms with van der Waals surface area (Å²) in [6.07, 6.45) is 7.86. The van der Waals surface area contributed by atoms with Gasteiger partial charge in [-0.2, -0.15) is 0 Å². The first-order chi connectivity index (χ1) is 5.56. The monoisotopic (exact) mass is 167 g/mol. The minimum absolute atomic E-state index is 0.0723. The van der Waals surface area contributed by atoms with E-state index in [1.165, 1.54) is 0 Å². The molecular formula is C11H21N. The third kappa shape index (κ3) is 1.89. The van der Waals surface area contributed by atoms with Crippen molar-refractivity contribution in [3.63, 3.8) is 0 Å². The van der Waals surface area contributed by atoms with Crippen LogP contribution >= 0.6 is 0 Å². The smallest absolute Gasteiger partial charge is 0.0220 e. The molecule has 0 spiro atoms. The summed E-state index contributed by atoms with van der Waals surface area (Å²) in [7, 11) is 0. The number of hydrogen-bond donors (Lipinski definition) is 1. The maximum absolute atomic E-state index is 6.35. The van der Waals surface area contributed by atoms with E-state index in [4.69, 9.17) is 5.73 Å². The van der Waals surface area contributed by atoms with Gasteiger partial charge in [0, 0.05) is 5.54 Å². The zero-order chi connectivity index (χ0) is 9.19. The van der Waals surface area contributed by atoms with Gasteiger partial charge in [-0.25, -0.2) is 0 Å². The molecular weight excluding hydrogens is 146 g/mol. The van der Waals surface area contributed by atoms with Gasteiger partial charge in [-0.3, -0.25) is 0 Å². The highest BCUT2D eigenvalue weighted by molar-refractivity contribution is 5.03. The SMILES string of the molecule is CC(C)C(C)C1(N)CC=CCC1. The molecule has 2 unspecified atom stereocenters. The third-order valence-electron chi connectivity index (χ3n) is 3.35. The summed E-state index contributed by atoms with van der Waals surface area (Å²) in [6, 6.07) is 0. The van der Waals surface area contributed by atoms with Gasteiger partial charge in [0.15, 0.2) is 0 Å². The summed E-state index contributed by atoms with van der Waals surface area (Å²) in [5.41, 5.74) is 6.42. The summed E-state index contributed by atoms with van der Waals surface area (Å²) < 4.78 is 0. The first-order valence-corrected chi connectivity index (χ1v) is 5.00. The first kappa shape index (κ1) is 9.79. The van der Waals surface area contributed by atoms with Gasteiger partial charge in [0.2, 0.25) is 0 Å². The van der Waals surface area contributed by atoms with Gasteiger partial charge in [-0.05, 0) is 31.1 Å².